The second-order valence-corrected chi connectivity index (χ2v) is 7.75. The number of aromatic nitrogens is 3. The van der Waals surface area contributed by atoms with Gasteiger partial charge in [0, 0.05) is 24.3 Å². The monoisotopic (exact) mass is 419 g/mol. The van der Waals surface area contributed by atoms with Crippen LogP contribution in [0.2, 0.25) is 0 Å². The summed E-state index contributed by atoms with van der Waals surface area (Å²) in [6, 6.07) is 15.1. The maximum atomic E-state index is 13.4. The van der Waals surface area contributed by atoms with Crippen molar-refractivity contribution in [2.75, 3.05) is 16.8 Å². The first kappa shape index (κ1) is 20.9. The zero-order valence-electron chi connectivity index (χ0n) is 18.2. The van der Waals surface area contributed by atoms with E-state index in [1.165, 1.54) is 6.42 Å². The fraction of sp³-hybridized carbons (Fsp3) is 0.375. The first-order valence-electron chi connectivity index (χ1n) is 10.9. The number of hydrogen-bond donors (Lipinski definition) is 1. The largest absolute Gasteiger partial charge is 0.494 e. The molecule has 2 aromatic carbocycles. The second-order valence-electron chi connectivity index (χ2n) is 7.75. The Bertz CT molecular complexity index is 1030. The lowest BCUT2D eigenvalue weighted by molar-refractivity contribution is 0.256. The van der Waals surface area contributed by atoms with E-state index in [2.05, 4.69) is 20.1 Å². The topological polar surface area (TPSA) is 72.3 Å². The van der Waals surface area contributed by atoms with Crippen LogP contribution in [0.5, 0.6) is 5.75 Å². The first-order valence-corrected chi connectivity index (χ1v) is 10.9. The second kappa shape index (κ2) is 9.64. The molecule has 2 heterocycles. The molecule has 0 aliphatic carbocycles. The highest BCUT2D eigenvalue weighted by molar-refractivity contribution is 6.02. The molecule has 0 unspecified atom stereocenters. The fourth-order valence-corrected chi connectivity index (χ4v) is 3.87. The van der Waals surface area contributed by atoms with Crippen LogP contribution < -0.4 is 15.0 Å². The van der Waals surface area contributed by atoms with E-state index in [0.29, 0.717) is 13.2 Å². The molecule has 0 spiro atoms. The number of para-hydroxylation sites is 1. The molecule has 31 heavy (non-hydrogen) atoms. The van der Waals surface area contributed by atoms with Gasteiger partial charge in [-0.2, -0.15) is 0 Å². The van der Waals surface area contributed by atoms with Gasteiger partial charge in [0.2, 0.25) is 0 Å². The van der Waals surface area contributed by atoms with Crippen molar-refractivity contribution in [3.63, 3.8) is 0 Å². The number of fused-ring (bicyclic) bond motifs is 1. The molecule has 162 valence electrons. The minimum Gasteiger partial charge on any atom is -0.494 e. The SMILES string of the molecule is CCOc1ccc(N(Cc2nnc3n2CCCCC3)C(=O)Nc2ccccc2C)cc1. The standard InChI is InChI=1S/C24H29N5O2/c1-3-31-20-14-12-19(13-15-20)29(24(30)25-21-10-7-6-9-18(21)2)17-23-27-26-22-11-5-4-8-16-28(22)23/h6-7,9-10,12-15H,3-5,8,11,16-17H2,1-2H3,(H,25,30). The quantitative estimate of drug-likeness (QED) is 0.614. The molecule has 0 saturated carbocycles. The van der Waals surface area contributed by atoms with Gasteiger partial charge in [0.25, 0.3) is 0 Å². The lowest BCUT2D eigenvalue weighted by atomic mass is 10.2. The van der Waals surface area contributed by atoms with Crippen molar-refractivity contribution in [3.05, 3.63) is 65.7 Å². The van der Waals surface area contributed by atoms with E-state index in [1.807, 2.05) is 62.4 Å². The van der Waals surface area contributed by atoms with E-state index in [4.69, 9.17) is 4.74 Å². The predicted octanol–water partition coefficient (Wildman–Crippen LogP) is 4.95. The first-order chi connectivity index (χ1) is 15.2. The van der Waals surface area contributed by atoms with E-state index in [9.17, 15) is 4.79 Å². The summed E-state index contributed by atoms with van der Waals surface area (Å²) in [5, 5.41) is 11.9. The summed E-state index contributed by atoms with van der Waals surface area (Å²) in [5.41, 5.74) is 2.59. The van der Waals surface area contributed by atoms with Crippen molar-refractivity contribution in [2.24, 2.45) is 0 Å². The van der Waals surface area contributed by atoms with E-state index >= 15 is 0 Å². The lowest BCUT2D eigenvalue weighted by Crippen LogP contribution is -2.35. The fourth-order valence-electron chi connectivity index (χ4n) is 3.87. The number of nitrogens with one attached hydrogen (secondary N) is 1. The predicted molar refractivity (Wildman–Crippen MR) is 122 cm³/mol. The van der Waals surface area contributed by atoms with Crippen LogP contribution in [0.3, 0.4) is 0 Å². The van der Waals surface area contributed by atoms with Gasteiger partial charge < -0.3 is 14.6 Å². The molecule has 7 heteroatoms. The molecule has 1 aliphatic heterocycles. The summed E-state index contributed by atoms with van der Waals surface area (Å²) in [7, 11) is 0. The van der Waals surface area contributed by atoms with Crippen LogP contribution in [0.4, 0.5) is 16.2 Å². The van der Waals surface area contributed by atoms with Crippen LogP contribution in [0.25, 0.3) is 0 Å². The summed E-state index contributed by atoms with van der Waals surface area (Å²) < 4.78 is 7.74. The molecule has 3 aromatic rings. The number of carbonyl (C=O) groups excluding carboxylic acids is 1. The molecule has 1 aromatic heterocycles. The minimum atomic E-state index is -0.204. The van der Waals surface area contributed by atoms with Crippen molar-refractivity contribution in [3.8, 4) is 5.75 Å². The zero-order chi connectivity index (χ0) is 21.6. The van der Waals surface area contributed by atoms with Gasteiger partial charge in [-0.3, -0.25) is 4.90 Å². The highest BCUT2D eigenvalue weighted by Crippen LogP contribution is 2.24. The Kier molecular flexibility index (Phi) is 6.50. The number of urea groups is 1. The summed E-state index contributed by atoms with van der Waals surface area (Å²) in [4.78, 5) is 15.1. The van der Waals surface area contributed by atoms with Gasteiger partial charge >= 0.3 is 6.03 Å². The van der Waals surface area contributed by atoms with Gasteiger partial charge in [-0.1, -0.05) is 24.6 Å². The van der Waals surface area contributed by atoms with Crippen molar-refractivity contribution in [1.29, 1.82) is 0 Å². The summed E-state index contributed by atoms with van der Waals surface area (Å²) in [6.07, 6.45) is 4.37. The highest BCUT2D eigenvalue weighted by Gasteiger charge is 2.22. The minimum absolute atomic E-state index is 0.204. The van der Waals surface area contributed by atoms with Crippen molar-refractivity contribution in [2.45, 2.75) is 52.6 Å². The molecule has 0 bridgehead atoms. The Morgan fingerprint density at radius 3 is 2.68 bits per heavy atom. The average Bonchev–Trinajstić information content (AvgIpc) is 3.00. The number of anilines is 2. The van der Waals surface area contributed by atoms with Crippen molar-refractivity contribution in [1.82, 2.24) is 14.8 Å². The van der Waals surface area contributed by atoms with Gasteiger partial charge in [0.15, 0.2) is 5.82 Å². The van der Waals surface area contributed by atoms with Crippen LogP contribution in [-0.2, 0) is 19.5 Å². The Morgan fingerprint density at radius 1 is 1.10 bits per heavy atom. The molecule has 0 atom stereocenters. The molecule has 0 radical (unpaired) electrons. The van der Waals surface area contributed by atoms with Crippen molar-refractivity contribution >= 4 is 17.4 Å². The van der Waals surface area contributed by atoms with Crippen LogP contribution >= 0.6 is 0 Å². The maximum absolute atomic E-state index is 13.4. The van der Waals surface area contributed by atoms with Crippen LogP contribution in [-0.4, -0.2) is 27.4 Å². The molecule has 2 amide bonds. The van der Waals surface area contributed by atoms with Crippen LogP contribution in [0, 0.1) is 6.92 Å². The van der Waals surface area contributed by atoms with E-state index in [-0.39, 0.29) is 6.03 Å². The Hall–Kier alpha value is -3.35. The van der Waals surface area contributed by atoms with Gasteiger partial charge in [0.05, 0.1) is 13.2 Å². The smallest absolute Gasteiger partial charge is 0.326 e. The summed E-state index contributed by atoms with van der Waals surface area (Å²) in [6.45, 7) is 5.78. The summed E-state index contributed by atoms with van der Waals surface area (Å²) in [5.74, 6) is 2.60. The number of ether oxygens (including phenoxy) is 1. The molecule has 7 nitrogen and oxygen atoms in total. The number of nitrogens with zero attached hydrogens (tertiary/aromatic N) is 4. The van der Waals surface area contributed by atoms with Gasteiger partial charge in [-0.05, 0) is 62.6 Å². The van der Waals surface area contributed by atoms with E-state index in [1.54, 1.807) is 4.90 Å². The molecule has 4 rings (SSSR count). The Morgan fingerprint density at radius 2 is 1.90 bits per heavy atom. The molecular formula is C24H29N5O2. The van der Waals surface area contributed by atoms with E-state index in [0.717, 1.165) is 60.1 Å². The third kappa shape index (κ3) is 4.87. The number of carbonyl (C=O) groups is 1. The van der Waals surface area contributed by atoms with Gasteiger partial charge in [-0.15, -0.1) is 10.2 Å². The number of aryl methyl sites for hydroxylation is 2. The number of rotatable bonds is 6. The average molecular weight is 420 g/mol. The zero-order valence-corrected chi connectivity index (χ0v) is 18.2. The number of hydrogen-bond acceptors (Lipinski definition) is 4. The lowest BCUT2D eigenvalue weighted by Gasteiger charge is -2.24. The van der Waals surface area contributed by atoms with Crippen LogP contribution in [0.15, 0.2) is 48.5 Å². The van der Waals surface area contributed by atoms with Crippen LogP contribution in [0.1, 0.15) is 43.4 Å². The Labute approximate surface area is 183 Å². The Balaban J connectivity index is 1.63. The molecule has 0 saturated heterocycles. The van der Waals surface area contributed by atoms with Crippen molar-refractivity contribution < 1.29 is 9.53 Å². The molecule has 1 N–H and O–H groups in total. The highest BCUT2D eigenvalue weighted by atomic mass is 16.5. The third-order valence-electron chi connectivity index (χ3n) is 5.58. The van der Waals surface area contributed by atoms with E-state index < -0.39 is 0 Å². The summed E-state index contributed by atoms with van der Waals surface area (Å²) >= 11 is 0. The molecule has 0 fully saturated rings. The number of benzene rings is 2. The number of amides is 2. The third-order valence-corrected chi connectivity index (χ3v) is 5.58. The molecular weight excluding hydrogens is 390 g/mol. The van der Waals surface area contributed by atoms with Gasteiger partial charge in [0.1, 0.15) is 11.6 Å². The maximum Gasteiger partial charge on any atom is 0.326 e. The molecule has 1 aliphatic rings. The van der Waals surface area contributed by atoms with Gasteiger partial charge in [-0.25, -0.2) is 4.79 Å². The normalized spacial score (nSPS) is 13.2.